The van der Waals surface area contributed by atoms with Crippen molar-refractivity contribution in [2.24, 2.45) is 4.99 Å². The lowest BCUT2D eigenvalue weighted by Gasteiger charge is -2.36. The van der Waals surface area contributed by atoms with E-state index in [0.29, 0.717) is 57.5 Å². The molecule has 1 fully saturated rings. The highest BCUT2D eigenvalue weighted by Crippen LogP contribution is 2.22. The first-order valence-corrected chi connectivity index (χ1v) is 10.2. The third-order valence-electron chi connectivity index (χ3n) is 4.57. The van der Waals surface area contributed by atoms with E-state index in [1.807, 2.05) is 31.7 Å². The number of hydrogen-bond acceptors (Lipinski definition) is 5. The number of halogens is 1. The number of nitrogens with one attached hydrogen (secondary N) is 2. The monoisotopic (exact) mass is 423 g/mol. The van der Waals surface area contributed by atoms with Gasteiger partial charge in [0.25, 0.3) is 0 Å². The summed E-state index contributed by atoms with van der Waals surface area (Å²) in [4.78, 5) is 19.9. The molecule has 0 unspecified atom stereocenters. The summed E-state index contributed by atoms with van der Waals surface area (Å²) in [5.41, 5.74) is 0.842. The number of carbonyl (C=O) groups excluding carboxylic acids is 1. The molecule has 168 valence electrons. The number of rotatable bonds is 6. The highest BCUT2D eigenvalue weighted by Gasteiger charge is 2.26. The predicted octanol–water partition coefficient (Wildman–Crippen LogP) is 2.19. The highest BCUT2D eigenvalue weighted by molar-refractivity contribution is 5.79. The number of ether oxygens (including phenoxy) is 2. The van der Waals surface area contributed by atoms with Crippen molar-refractivity contribution in [3.63, 3.8) is 0 Å². The van der Waals surface area contributed by atoms with Gasteiger partial charge in [-0.2, -0.15) is 0 Å². The van der Waals surface area contributed by atoms with Crippen molar-refractivity contribution in [3.8, 4) is 0 Å². The van der Waals surface area contributed by atoms with Gasteiger partial charge in [0.05, 0.1) is 12.3 Å². The van der Waals surface area contributed by atoms with E-state index in [9.17, 15) is 9.18 Å². The Morgan fingerprint density at radius 1 is 1.20 bits per heavy atom. The van der Waals surface area contributed by atoms with Crippen LogP contribution in [0.4, 0.5) is 14.9 Å². The van der Waals surface area contributed by atoms with Crippen LogP contribution in [0, 0.1) is 5.82 Å². The Kier molecular flexibility index (Phi) is 8.71. The van der Waals surface area contributed by atoms with Crippen LogP contribution in [0.15, 0.2) is 23.2 Å². The molecule has 0 radical (unpaired) electrons. The first-order chi connectivity index (χ1) is 14.2. The van der Waals surface area contributed by atoms with Crippen molar-refractivity contribution in [1.29, 1.82) is 0 Å². The van der Waals surface area contributed by atoms with Gasteiger partial charge in [-0.1, -0.05) is 6.07 Å². The van der Waals surface area contributed by atoms with Crippen molar-refractivity contribution in [2.75, 3.05) is 58.4 Å². The SMILES string of the molecule is CN=C(NCCOC)NCc1ccc(N2CCN(C(=O)OC(C)(C)C)CC2)c(F)c1. The Bertz CT molecular complexity index is 728. The molecule has 0 aliphatic carbocycles. The molecule has 1 saturated heterocycles. The molecule has 1 aromatic carbocycles. The molecule has 0 atom stereocenters. The molecular formula is C21H34FN5O3. The molecular weight excluding hydrogens is 389 g/mol. The van der Waals surface area contributed by atoms with Gasteiger partial charge in [0.1, 0.15) is 11.4 Å². The molecule has 8 nitrogen and oxygen atoms in total. The van der Waals surface area contributed by atoms with E-state index >= 15 is 0 Å². The van der Waals surface area contributed by atoms with E-state index in [1.54, 1.807) is 25.1 Å². The summed E-state index contributed by atoms with van der Waals surface area (Å²) in [7, 11) is 3.32. The zero-order chi connectivity index (χ0) is 22.1. The van der Waals surface area contributed by atoms with Crippen LogP contribution in [-0.4, -0.2) is 76.0 Å². The van der Waals surface area contributed by atoms with Gasteiger partial charge in [-0.15, -0.1) is 0 Å². The summed E-state index contributed by atoms with van der Waals surface area (Å²) in [5, 5.41) is 6.27. The Morgan fingerprint density at radius 3 is 2.47 bits per heavy atom. The molecule has 0 spiro atoms. The second kappa shape index (κ2) is 11.0. The second-order valence-electron chi connectivity index (χ2n) is 8.09. The predicted molar refractivity (Wildman–Crippen MR) is 116 cm³/mol. The van der Waals surface area contributed by atoms with Gasteiger partial charge in [-0.25, -0.2) is 9.18 Å². The standard InChI is InChI=1S/C21H34FN5O3/c1-21(2,3)30-20(28)27-11-9-26(10-12-27)18-7-6-16(14-17(18)22)15-25-19(23-4)24-8-13-29-5/h6-7,14H,8-13,15H2,1-5H3,(H2,23,24,25). The highest BCUT2D eigenvalue weighted by atomic mass is 19.1. The van der Waals surface area contributed by atoms with E-state index in [-0.39, 0.29) is 11.9 Å². The maximum atomic E-state index is 14.7. The molecule has 1 aliphatic rings. The fourth-order valence-corrected chi connectivity index (χ4v) is 3.05. The quantitative estimate of drug-likeness (QED) is 0.415. The van der Waals surface area contributed by atoms with Gasteiger partial charge < -0.3 is 29.9 Å². The van der Waals surface area contributed by atoms with Crippen LogP contribution in [0.1, 0.15) is 26.3 Å². The number of methoxy groups -OCH3 is 1. The van der Waals surface area contributed by atoms with E-state index in [1.165, 1.54) is 6.07 Å². The van der Waals surface area contributed by atoms with Crippen molar-refractivity contribution in [3.05, 3.63) is 29.6 Å². The number of benzene rings is 1. The van der Waals surface area contributed by atoms with Crippen LogP contribution >= 0.6 is 0 Å². The van der Waals surface area contributed by atoms with Crippen molar-refractivity contribution in [1.82, 2.24) is 15.5 Å². The lowest BCUT2D eigenvalue weighted by atomic mass is 10.1. The molecule has 2 N–H and O–H groups in total. The summed E-state index contributed by atoms with van der Waals surface area (Å²) in [5.74, 6) is 0.358. The lowest BCUT2D eigenvalue weighted by Crippen LogP contribution is -2.50. The number of guanidine groups is 1. The summed E-state index contributed by atoms with van der Waals surface area (Å²) in [6, 6.07) is 5.22. The minimum atomic E-state index is -0.522. The molecule has 0 aromatic heterocycles. The average molecular weight is 424 g/mol. The largest absolute Gasteiger partial charge is 0.444 e. The minimum Gasteiger partial charge on any atom is -0.444 e. The summed E-state index contributed by atoms with van der Waals surface area (Å²) >= 11 is 0. The molecule has 1 aliphatic heterocycles. The first-order valence-electron chi connectivity index (χ1n) is 10.2. The fourth-order valence-electron chi connectivity index (χ4n) is 3.05. The van der Waals surface area contributed by atoms with Crippen LogP contribution in [0.25, 0.3) is 0 Å². The fraction of sp³-hybridized carbons (Fsp3) is 0.619. The van der Waals surface area contributed by atoms with E-state index in [4.69, 9.17) is 9.47 Å². The number of nitrogens with zero attached hydrogens (tertiary/aromatic N) is 3. The number of piperazine rings is 1. The Balaban J connectivity index is 1.88. The average Bonchev–Trinajstić information content (AvgIpc) is 2.69. The van der Waals surface area contributed by atoms with Crippen LogP contribution in [-0.2, 0) is 16.0 Å². The third-order valence-corrected chi connectivity index (χ3v) is 4.57. The Morgan fingerprint density at radius 2 is 1.90 bits per heavy atom. The molecule has 0 saturated carbocycles. The molecule has 2 rings (SSSR count). The molecule has 1 aromatic rings. The maximum absolute atomic E-state index is 14.7. The van der Waals surface area contributed by atoms with Crippen molar-refractivity contribution < 1.29 is 18.7 Å². The minimum absolute atomic E-state index is 0.276. The van der Waals surface area contributed by atoms with E-state index in [2.05, 4.69) is 15.6 Å². The maximum Gasteiger partial charge on any atom is 0.410 e. The number of amides is 1. The van der Waals surface area contributed by atoms with Crippen LogP contribution in [0.5, 0.6) is 0 Å². The van der Waals surface area contributed by atoms with E-state index < -0.39 is 5.60 Å². The van der Waals surface area contributed by atoms with Gasteiger partial charge in [0.15, 0.2) is 5.96 Å². The molecule has 30 heavy (non-hydrogen) atoms. The zero-order valence-electron chi connectivity index (χ0n) is 18.6. The Labute approximate surface area is 178 Å². The van der Waals surface area contributed by atoms with Crippen molar-refractivity contribution in [2.45, 2.75) is 32.9 Å². The Hall–Kier alpha value is -2.55. The van der Waals surface area contributed by atoms with E-state index in [0.717, 1.165) is 5.56 Å². The third kappa shape index (κ3) is 7.37. The molecule has 0 bridgehead atoms. The van der Waals surface area contributed by atoms with Gasteiger partial charge >= 0.3 is 6.09 Å². The number of hydrogen-bond donors (Lipinski definition) is 2. The summed E-state index contributed by atoms with van der Waals surface area (Å²) in [6.45, 7) is 9.32. The smallest absolute Gasteiger partial charge is 0.410 e. The van der Waals surface area contributed by atoms with Gasteiger partial charge in [0, 0.05) is 53.4 Å². The van der Waals surface area contributed by atoms with Crippen LogP contribution in [0.3, 0.4) is 0 Å². The lowest BCUT2D eigenvalue weighted by molar-refractivity contribution is 0.0240. The van der Waals surface area contributed by atoms with Gasteiger partial charge in [-0.3, -0.25) is 4.99 Å². The second-order valence-corrected chi connectivity index (χ2v) is 8.09. The molecule has 9 heteroatoms. The molecule has 1 amide bonds. The first kappa shape index (κ1) is 23.7. The summed E-state index contributed by atoms with van der Waals surface area (Å²) in [6.07, 6.45) is -0.323. The van der Waals surface area contributed by atoms with Gasteiger partial charge in [0.2, 0.25) is 0 Å². The zero-order valence-corrected chi connectivity index (χ0v) is 18.6. The number of carbonyl (C=O) groups is 1. The topological polar surface area (TPSA) is 78.4 Å². The van der Waals surface area contributed by atoms with Gasteiger partial charge in [-0.05, 0) is 38.5 Å². The number of anilines is 1. The van der Waals surface area contributed by atoms with Crippen LogP contribution in [0.2, 0.25) is 0 Å². The van der Waals surface area contributed by atoms with Crippen LogP contribution < -0.4 is 15.5 Å². The number of aliphatic imine (C=N–C) groups is 1. The summed E-state index contributed by atoms with van der Waals surface area (Å²) < 4.78 is 25.1. The van der Waals surface area contributed by atoms with Crippen molar-refractivity contribution >= 4 is 17.7 Å². The molecule has 1 heterocycles. The normalized spacial score (nSPS) is 15.2.